The zero-order chi connectivity index (χ0) is 12.8. The Bertz CT molecular complexity index is 376. The lowest BCUT2D eigenvalue weighted by Gasteiger charge is -2.27. The second-order valence-corrected chi connectivity index (χ2v) is 4.25. The lowest BCUT2D eigenvalue weighted by Crippen LogP contribution is -2.38. The standard InChI is InChI=1S/C14H22N2O/c1-4-11(3)16(5-2)14(17)13-8-6-7-12(9-13)10-15/h6-9,11H,4-5,10,15H2,1-3H3. The Hall–Kier alpha value is -1.35. The van der Waals surface area contributed by atoms with Crippen molar-refractivity contribution in [3.63, 3.8) is 0 Å². The molecule has 1 aromatic carbocycles. The summed E-state index contributed by atoms with van der Waals surface area (Å²) in [4.78, 5) is 14.2. The molecule has 0 saturated carbocycles. The Kier molecular flexibility index (Phi) is 5.16. The van der Waals surface area contributed by atoms with Crippen LogP contribution in [0.25, 0.3) is 0 Å². The van der Waals surface area contributed by atoms with Gasteiger partial charge in [-0.3, -0.25) is 4.79 Å². The van der Waals surface area contributed by atoms with E-state index < -0.39 is 0 Å². The van der Waals surface area contributed by atoms with Crippen LogP contribution in [0.4, 0.5) is 0 Å². The molecule has 1 unspecified atom stereocenters. The van der Waals surface area contributed by atoms with Crippen molar-refractivity contribution in [3.05, 3.63) is 35.4 Å². The molecule has 2 N–H and O–H groups in total. The monoisotopic (exact) mass is 234 g/mol. The van der Waals surface area contributed by atoms with Crippen LogP contribution >= 0.6 is 0 Å². The van der Waals surface area contributed by atoms with Gasteiger partial charge < -0.3 is 10.6 Å². The summed E-state index contributed by atoms with van der Waals surface area (Å²) in [7, 11) is 0. The second kappa shape index (κ2) is 6.40. The Morgan fingerprint density at radius 1 is 1.41 bits per heavy atom. The van der Waals surface area contributed by atoms with Crippen molar-refractivity contribution in [3.8, 4) is 0 Å². The average Bonchev–Trinajstić information content (AvgIpc) is 2.39. The van der Waals surface area contributed by atoms with Gasteiger partial charge in [0.05, 0.1) is 0 Å². The maximum atomic E-state index is 12.3. The van der Waals surface area contributed by atoms with Crippen LogP contribution in [-0.2, 0) is 6.54 Å². The van der Waals surface area contributed by atoms with Crippen molar-refractivity contribution < 1.29 is 4.79 Å². The number of hydrogen-bond acceptors (Lipinski definition) is 2. The summed E-state index contributed by atoms with van der Waals surface area (Å²) in [6.45, 7) is 7.39. The van der Waals surface area contributed by atoms with Crippen LogP contribution in [0.15, 0.2) is 24.3 Å². The lowest BCUT2D eigenvalue weighted by molar-refractivity contribution is 0.0700. The fourth-order valence-electron chi connectivity index (χ4n) is 1.87. The summed E-state index contributed by atoms with van der Waals surface area (Å²) in [5, 5.41) is 0. The van der Waals surface area contributed by atoms with Gasteiger partial charge >= 0.3 is 0 Å². The quantitative estimate of drug-likeness (QED) is 0.850. The van der Waals surface area contributed by atoms with Crippen LogP contribution < -0.4 is 5.73 Å². The number of nitrogens with zero attached hydrogens (tertiary/aromatic N) is 1. The molecule has 17 heavy (non-hydrogen) atoms. The molecule has 1 rings (SSSR count). The molecule has 1 atom stereocenters. The number of nitrogens with two attached hydrogens (primary N) is 1. The van der Waals surface area contributed by atoms with E-state index >= 15 is 0 Å². The Labute approximate surface area is 104 Å². The van der Waals surface area contributed by atoms with E-state index in [4.69, 9.17) is 5.73 Å². The van der Waals surface area contributed by atoms with Gasteiger partial charge in [-0.2, -0.15) is 0 Å². The Balaban J connectivity index is 2.93. The van der Waals surface area contributed by atoms with Gasteiger partial charge in [-0.15, -0.1) is 0 Å². The van der Waals surface area contributed by atoms with E-state index in [1.165, 1.54) is 0 Å². The highest BCUT2D eigenvalue weighted by Gasteiger charge is 2.18. The average molecular weight is 234 g/mol. The van der Waals surface area contributed by atoms with Crippen molar-refractivity contribution in [2.45, 2.75) is 39.8 Å². The number of amides is 1. The maximum absolute atomic E-state index is 12.3. The Morgan fingerprint density at radius 2 is 2.12 bits per heavy atom. The van der Waals surface area contributed by atoms with Crippen LogP contribution in [0.5, 0.6) is 0 Å². The van der Waals surface area contributed by atoms with Crippen LogP contribution in [0.1, 0.15) is 43.1 Å². The molecule has 1 amide bonds. The van der Waals surface area contributed by atoms with Gasteiger partial charge in [0.2, 0.25) is 0 Å². The summed E-state index contributed by atoms with van der Waals surface area (Å²) < 4.78 is 0. The van der Waals surface area contributed by atoms with Gasteiger partial charge in [0, 0.05) is 24.7 Å². The molecule has 0 aliphatic carbocycles. The van der Waals surface area contributed by atoms with Crippen molar-refractivity contribution in [2.24, 2.45) is 5.73 Å². The van der Waals surface area contributed by atoms with Gasteiger partial charge in [-0.25, -0.2) is 0 Å². The highest BCUT2D eigenvalue weighted by Crippen LogP contribution is 2.12. The van der Waals surface area contributed by atoms with Crippen LogP contribution in [0, 0.1) is 0 Å². The molecule has 0 bridgehead atoms. The molecule has 3 heteroatoms. The third kappa shape index (κ3) is 3.30. The predicted molar refractivity (Wildman–Crippen MR) is 70.8 cm³/mol. The van der Waals surface area contributed by atoms with Gasteiger partial charge in [0.1, 0.15) is 0 Å². The van der Waals surface area contributed by atoms with Crippen molar-refractivity contribution in [1.82, 2.24) is 4.90 Å². The van der Waals surface area contributed by atoms with Crippen LogP contribution in [0.2, 0.25) is 0 Å². The number of carbonyl (C=O) groups is 1. The number of hydrogen-bond donors (Lipinski definition) is 1. The molecule has 3 nitrogen and oxygen atoms in total. The minimum absolute atomic E-state index is 0.0946. The topological polar surface area (TPSA) is 46.3 Å². The molecule has 0 aliphatic rings. The molecule has 0 saturated heterocycles. The van der Waals surface area contributed by atoms with E-state index in [1.54, 1.807) is 0 Å². The second-order valence-electron chi connectivity index (χ2n) is 4.25. The first-order valence-corrected chi connectivity index (χ1v) is 6.24. The fraction of sp³-hybridized carbons (Fsp3) is 0.500. The summed E-state index contributed by atoms with van der Waals surface area (Å²) in [6, 6.07) is 7.84. The third-order valence-electron chi connectivity index (χ3n) is 3.13. The predicted octanol–water partition coefficient (Wildman–Crippen LogP) is 2.41. The van der Waals surface area contributed by atoms with Crippen LogP contribution in [-0.4, -0.2) is 23.4 Å². The van der Waals surface area contributed by atoms with E-state index in [-0.39, 0.29) is 11.9 Å². The molecule has 1 aromatic rings. The molecule has 0 aliphatic heterocycles. The van der Waals surface area contributed by atoms with Gasteiger partial charge in [0.15, 0.2) is 0 Å². The van der Waals surface area contributed by atoms with E-state index in [1.807, 2.05) is 36.1 Å². The van der Waals surface area contributed by atoms with E-state index in [0.717, 1.165) is 24.1 Å². The molecular formula is C14H22N2O. The van der Waals surface area contributed by atoms with Crippen LogP contribution in [0.3, 0.4) is 0 Å². The van der Waals surface area contributed by atoms with Gasteiger partial charge in [0.25, 0.3) is 5.91 Å². The summed E-state index contributed by atoms with van der Waals surface area (Å²) >= 11 is 0. The van der Waals surface area contributed by atoms with E-state index in [2.05, 4.69) is 13.8 Å². The zero-order valence-corrected chi connectivity index (χ0v) is 10.9. The van der Waals surface area contributed by atoms with Gasteiger partial charge in [-0.05, 0) is 38.0 Å². The zero-order valence-electron chi connectivity index (χ0n) is 10.9. The van der Waals surface area contributed by atoms with Crippen molar-refractivity contribution in [1.29, 1.82) is 0 Å². The lowest BCUT2D eigenvalue weighted by atomic mass is 10.1. The summed E-state index contributed by atoms with van der Waals surface area (Å²) in [5.74, 6) is 0.0946. The maximum Gasteiger partial charge on any atom is 0.254 e. The fourth-order valence-corrected chi connectivity index (χ4v) is 1.87. The minimum atomic E-state index is 0.0946. The number of rotatable bonds is 5. The molecule has 0 spiro atoms. The number of carbonyl (C=O) groups excluding carboxylic acids is 1. The first-order chi connectivity index (χ1) is 8.13. The van der Waals surface area contributed by atoms with Crippen molar-refractivity contribution >= 4 is 5.91 Å². The molecule has 0 aromatic heterocycles. The molecule has 0 heterocycles. The summed E-state index contributed by atoms with van der Waals surface area (Å²) in [5.41, 5.74) is 7.32. The minimum Gasteiger partial charge on any atom is -0.336 e. The highest BCUT2D eigenvalue weighted by atomic mass is 16.2. The summed E-state index contributed by atoms with van der Waals surface area (Å²) in [6.07, 6.45) is 0.968. The van der Waals surface area contributed by atoms with E-state index in [0.29, 0.717) is 6.54 Å². The largest absolute Gasteiger partial charge is 0.336 e. The van der Waals surface area contributed by atoms with E-state index in [9.17, 15) is 4.79 Å². The normalized spacial score (nSPS) is 12.2. The molecule has 94 valence electrons. The molecule has 0 fully saturated rings. The molecule has 0 radical (unpaired) electrons. The Morgan fingerprint density at radius 3 is 2.65 bits per heavy atom. The smallest absolute Gasteiger partial charge is 0.254 e. The SMILES string of the molecule is CCC(C)N(CC)C(=O)c1cccc(CN)c1. The van der Waals surface area contributed by atoms with Crippen molar-refractivity contribution in [2.75, 3.05) is 6.54 Å². The third-order valence-corrected chi connectivity index (χ3v) is 3.13. The molecular weight excluding hydrogens is 212 g/mol. The first kappa shape index (κ1) is 13.7. The van der Waals surface area contributed by atoms with Gasteiger partial charge in [-0.1, -0.05) is 19.1 Å². The first-order valence-electron chi connectivity index (χ1n) is 6.24. The highest BCUT2D eigenvalue weighted by molar-refractivity contribution is 5.94. The number of benzene rings is 1.